The van der Waals surface area contributed by atoms with Crippen LogP contribution in [0.4, 0.5) is 0 Å². The van der Waals surface area contributed by atoms with Crippen LogP contribution in [0.15, 0.2) is 71.8 Å². The Morgan fingerprint density at radius 3 is 2.31 bits per heavy atom. The molecule has 0 aliphatic carbocycles. The smallest absolute Gasteiger partial charge is 0.337 e. The Bertz CT molecular complexity index is 1150. The number of imidazole rings is 1. The van der Waals surface area contributed by atoms with Gasteiger partial charge in [0.05, 0.1) is 6.54 Å². The quantitative estimate of drug-likeness (QED) is 0.609. The van der Waals surface area contributed by atoms with Gasteiger partial charge in [-0.05, 0) is 5.56 Å². The molecule has 0 saturated heterocycles. The average molecular weight is 345 g/mol. The van der Waals surface area contributed by atoms with Gasteiger partial charge in [0.1, 0.15) is 12.2 Å². The summed E-state index contributed by atoms with van der Waals surface area (Å²) < 4.78 is 2.81. The van der Waals surface area contributed by atoms with Crippen LogP contribution in [0.25, 0.3) is 17.0 Å². The van der Waals surface area contributed by atoms with Gasteiger partial charge >= 0.3 is 5.69 Å². The predicted octanol–water partition coefficient (Wildman–Crippen LogP) is 1.71. The van der Waals surface area contributed by atoms with E-state index in [9.17, 15) is 9.59 Å². The van der Waals surface area contributed by atoms with Gasteiger partial charge in [-0.3, -0.25) is 9.36 Å². The third-order valence-electron chi connectivity index (χ3n) is 4.10. The number of carbonyl (C=O) groups is 1. The zero-order chi connectivity index (χ0) is 18.1. The minimum Gasteiger partial charge on any atom is -0.364 e. The van der Waals surface area contributed by atoms with Crippen LogP contribution in [0.5, 0.6) is 0 Å². The Kier molecular flexibility index (Phi) is 3.81. The van der Waals surface area contributed by atoms with Gasteiger partial charge in [0.15, 0.2) is 11.3 Å². The van der Waals surface area contributed by atoms with Crippen molar-refractivity contribution in [2.24, 2.45) is 5.73 Å². The lowest BCUT2D eigenvalue weighted by Crippen LogP contribution is -2.29. The maximum Gasteiger partial charge on any atom is 0.337 e. The highest BCUT2D eigenvalue weighted by atomic mass is 16.2. The molecule has 0 aliphatic heterocycles. The van der Waals surface area contributed by atoms with Gasteiger partial charge in [0.2, 0.25) is 0 Å². The first-order chi connectivity index (χ1) is 12.6. The minimum atomic E-state index is -0.723. The number of fused-ring (bicyclic) bond motifs is 1. The highest BCUT2D eigenvalue weighted by molar-refractivity contribution is 5.96. The number of amides is 1. The first kappa shape index (κ1) is 15.8. The Morgan fingerprint density at radius 2 is 1.65 bits per heavy atom. The molecule has 0 aliphatic rings. The highest BCUT2D eigenvalue weighted by Crippen LogP contribution is 2.18. The lowest BCUT2D eigenvalue weighted by atomic mass is 10.2. The Balaban J connectivity index is 2.01. The van der Waals surface area contributed by atoms with E-state index in [2.05, 4.69) is 9.97 Å². The average Bonchev–Trinajstić information content (AvgIpc) is 3.10. The fraction of sp³-hybridized carbons (Fsp3) is 0.0526. The van der Waals surface area contributed by atoms with Gasteiger partial charge in [-0.25, -0.2) is 19.2 Å². The predicted molar refractivity (Wildman–Crippen MR) is 96.7 cm³/mol. The second-order valence-corrected chi connectivity index (χ2v) is 5.81. The Labute approximate surface area is 148 Å². The minimum absolute atomic E-state index is 0.0221. The van der Waals surface area contributed by atoms with Crippen molar-refractivity contribution < 1.29 is 4.79 Å². The van der Waals surface area contributed by atoms with E-state index >= 15 is 0 Å². The summed E-state index contributed by atoms with van der Waals surface area (Å²) >= 11 is 0. The van der Waals surface area contributed by atoms with Gasteiger partial charge in [0.25, 0.3) is 5.91 Å². The molecule has 0 atom stereocenters. The van der Waals surface area contributed by atoms with Crippen LogP contribution in [0, 0.1) is 0 Å². The lowest BCUT2D eigenvalue weighted by molar-refractivity contribution is 0.0997. The van der Waals surface area contributed by atoms with E-state index in [1.54, 1.807) is 4.57 Å². The molecule has 7 nitrogen and oxygen atoms in total. The van der Waals surface area contributed by atoms with Crippen LogP contribution < -0.4 is 11.4 Å². The maximum atomic E-state index is 13.1. The molecule has 4 rings (SSSR count). The van der Waals surface area contributed by atoms with Crippen molar-refractivity contribution in [3.63, 3.8) is 0 Å². The molecular formula is C19H15N5O2. The first-order valence-electron chi connectivity index (χ1n) is 8.02. The number of nitrogens with zero attached hydrogens (tertiary/aromatic N) is 4. The molecule has 0 radical (unpaired) electrons. The fourth-order valence-corrected chi connectivity index (χ4v) is 2.86. The third-order valence-corrected chi connectivity index (χ3v) is 4.10. The number of carbonyl (C=O) groups excluding carboxylic acids is 1. The van der Waals surface area contributed by atoms with Gasteiger partial charge in [-0.2, -0.15) is 0 Å². The zero-order valence-electron chi connectivity index (χ0n) is 13.7. The highest BCUT2D eigenvalue weighted by Gasteiger charge is 2.18. The molecule has 2 N–H and O–H groups in total. The second kappa shape index (κ2) is 6.29. The van der Waals surface area contributed by atoms with Crippen molar-refractivity contribution in [1.29, 1.82) is 0 Å². The molecule has 26 heavy (non-hydrogen) atoms. The summed E-state index contributed by atoms with van der Waals surface area (Å²) in [5.41, 5.74) is 6.89. The molecule has 0 fully saturated rings. The van der Waals surface area contributed by atoms with Crippen molar-refractivity contribution in [3.05, 3.63) is 88.7 Å². The first-order valence-corrected chi connectivity index (χ1v) is 8.02. The van der Waals surface area contributed by atoms with E-state index in [1.807, 2.05) is 60.7 Å². The summed E-state index contributed by atoms with van der Waals surface area (Å²) in [5, 5.41) is 0. The summed E-state index contributed by atoms with van der Waals surface area (Å²) in [7, 11) is 0. The standard InChI is InChI=1S/C19H15N5O2/c20-16(25)15-18-22-17(14-9-5-2-6-10-14)23(19(26)24(18)12-21-15)11-13-7-3-1-4-8-13/h1-10,12H,11H2,(H2,20,25). The summed E-state index contributed by atoms with van der Waals surface area (Å²) in [5.74, 6) is -0.269. The normalized spacial score (nSPS) is 10.9. The number of aromatic nitrogens is 4. The van der Waals surface area contributed by atoms with E-state index in [-0.39, 0.29) is 17.0 Å². The maximum absolute atomic E-state index is 13.1. The van der Waals surface area contributed by atoms with Crippen LogP contribution >= 0.6 is 0 Å². The summed E-state index contributed by atoms with van der Waals surface area (Å²) in [4.78, 5) is 33.2. The second-order valence-electron chi connectivity index (χ2n) is 5.81. The topological polar surface area (TPSA) is 95.3 Å². The molecule has 0 spiro atoms. The number of primary amides is 1. The third kappa shape index (κ3) is 2.65. The number of rotatable bonds is 4. The van der Waals surface area contributed by atoms with Crippen molar-refractivity contribution in [2.45, 2.75) is 6.54 Å². The number of hydrogen-bond acceptors (Lipinski definition) is 4. The molecule has 4 aromatic rings. The molecule has 2 aromatic heterocycles. The van der Waals surface area contributed by atoms with Crippen LogP contribution in [-0.4, -0.2) is 24.8 Å². The van der Waals surface area contributed by atoms with Crippen molar-refractivity contribution in [1.82, 2.24) is 18.9 Å². The van der Waals surface area contributed by atoms with E-state index < -0.39 is 5.91 Å². The summed E-state index contributed by atoms with van der Waals surface area (Å²) in [6, 6.07) is 19.0. The largest absolute Gasteiger partial charge is 0.364 e. The van der Waals surface area contributed by atoms with Gasteiger partial charge < -0.3 is 5.73 Å². The molecule has 1 amide bonds. The van der Waals surface area contributed by atoms with Crippen LogP contribution in [-0.2, 0) is 6.54 Å². The molecule has 0 saturated carbocycles. The molecular weight excluding hydrogens is 330 g/mol. The Morgan fingerprint density at radius 1 is 1.00 bits per heavy atom. The van der Waals surface area contributed by atoms with Crippen molar-refractivity contribution in [2.75, 3.05) is 0 Å². The number of hydrogen-bond donors (Lipinski definition) is 1. The number of benzene rings is 2. The zero-order valence-corrected chi connectivity index (χ0v) is 13.7. The van der Waals surface area contributed by atoms with Gasteiger partial charge in [0, 0.05) is 5.56 Å². The summed E-state index contributed by atoms with van der Waals surface area (Å²) in [6.45, 7) is 0.344. The van der Waals surface area contributed by atoms with E-state index in [0.29, 0.717) is 12.4 Å². The SMILES string of the molecule is NC(=O)c1ncn2c(=O)n(Cc3ccccc3)c(-c3ccccc3)nc12. The Hall–Kier alpha value is -3.74. The fourth-order valence-electron chi connectivity index (χ4n) is 2.86. The molecule has 0 unspecified atom stereocenters. The summed E-state index contributed by atoms with van der Waals surface area (Å²) in [6.07, 6.45) is 1.28. The lowest BCUT2D eigenvalue weighted by Gasteiger charge is -2.13. The van der Waals surface area contributed by atoms with Crippen LogP contribution in [0.3, 0.4) is 0 Å². The molecule has 0 bridgehead atoms. The van der Waals surface area contributed by atoms with Gasteiger partial charge in [-0.1, -0.05) is 60.7 Å². The van der Waals surface area contributed by atoms with E-state index in [1.165, 1.54) is 10.7 Å². The van der Waals surface area contributed by atoms with Crippen molar-refractivity contribution >= 4 is 11.6 Å². The number of nitrogens with two attached hydrogens (primary N) is 1. The molecule has 2 heterocycles. The molecule has 7 heteroatoms. The van der Waals surface area contributed by atoms with Crippen molar-refractivity contribution in [3.8, 4) is 11.4 Å². The van der Waals surface area contributed by atoms with Crippen LogP contribution in [0.1, 0.15) is 16.1 Å². The van der Waals surface area contributed by atoms with E-state index in [4.69, 9.17) is 5.73 Å². The monoisotopic (exact) mass is 345 g/mol. The van der Waals surface area contributed by atoms with Gasteiger partial charge in [-0.15, -0.1) is 0 Å². The van der Waals surface area contributed by atoms with Crippen LogP contribution in [0.2, 0.25) is 0 Å². The molecule has 128 valence electrons. The van der Waals surface area contributed by atoms with E-state index in [0.717, 1.165) is 11.1 Å². The molecule has 2 aromatic carbocycles.